The molecule has 0 fully saturated rings. The number of non-ortho nitro benzene ring substituents is 1. The first-order valence-electron chi connectivity index (χ1n) is 6.43. The summed E-state index contributed by atoms with van der Waals surface area (Å²) < 4.78 is 18.7. The molecule has 7 heteroatoms. The third kappa shape index (κ3) is 3.43. The molecule has 0 bridgehead atoms. The molecule has 0 spiro atoms. The molecule has 0 atom stereocenters. The van der Waals surface area contributed by atoms with Crippen LogP contribution in [0, 0.1) is 15.9 Å². The Morgan fingerprint density at radius 2 is 2.29 bits per heavy atom. The van der Waals surface area contributed by atoms with Crippen molar-refractivity contribution in [2.24, 2.45) is 0 Å². The summed E-state index contributed by atoms with van der Waals surface area (Å²) in [7, 11) is 1.59. The molecule has 1 aliphatic heterocycles. The highest BCUT2D eigenvalue weighted by molar-refractivity contribution is 5.95. The number of amides is 1. The molecule has 1 amide bonds. The van der Waals surface area contributed by atoms with Crippen LogP contribution < -0.4 is 0 Å². The number of hydrogen-bond donors (Lipinski definition) is 0. The third-order valence-electron chi connectivity index (χ3n) is 3.31. The van der Waals surface area contributed by atoms with Crippen molar-refractivity contribution in [2.75, 3.05) is 26.8 Å². The van der Waals surface area contributed by atoms with E-state index >= 15 is 0 Å². The number of rotatable bonds is 4. The Labute approximate surface area is 121 Å². The van der Waals surface area contributed by atoms with Crippen molar-refractivity contribution in [3.8, 4) is 0 Å². The lowest BCUT2D eigenvalue weighted by Crippen LogP contribution is -2.35. The molecule has 0 aliphatic carbocycles. The molecule has 1 aromatic carbocycles. The predicted octanol–water partition coefficient (Wildman–Crippen LogP) is 2.15. The van der Waals surface area contributed by atoms with Crippen molar-refractivity contribution in [1.29, 1.82) is 0 Å². The first-order valence-corrected chi connectivity index (χ1v) is 6.43. The average Bonchev–Trinajstić information content (AvgIpc) is 2.48. The van der Waals surface area contributed by atoms with Crippen molar-refractivity contribution < 1.29 is 18.8 Å². The van der Waals surface area contributed by atoms with Crippen LogP contribution in [-0.2, 0) is 4.74 Å². The zero-order chi connectivity index (χ0) is 15.4. The van der Waals surface area contributed by atoms with Gasteiger partial charge in [0, 0.05) is 32.3 Å². The Balaban J connectivity index is 2.18. The molecule has 21 heavy (non-hydrogen) atoms. The average molecular weight is 294 g/mol. The van der Waals surface area contributed by atoms with Crippen molar-refractivity contribution in [1.82, 2.24) is 4.90 Å². The van der Waals surface area contributed by atoms with Crippen molar-refractivity contribution in [3.63, 3.8) is 0 Å². The minimum absolute atomic E-state index is 0.271. The SMILES string of the molecule is COCC1=CCN(C(=O)c2cc([N+](=O)[O-])ccc2F)CC1. The lowest BCUT2D eigenvalue weighted by Gasteiger charge is -2.26. The van der Waals surface area contributed by atoms with Gasteiger partial charge in [-0.05, 0) is 18.1 Å². The molecule has 0 radical (unpaired) electrons. The molecule has 2 rings (SSSR count). The van der Waals surface area contributed by atoms with Crippen molar-refractivity contribution >= 4 is 11.6 Å². The molecule has 1 heterocycles. The van der Waals surface area contributed by atoms with Crippen LogP contribution in [0.1, 0.15) is 16.8 Å². The maximum Gasteiger partial charge on any atom is 0.270 e. The van der Waals surface area contributed by atoms with Crippen LogP contribution in [0.2, 0.25) is 0 Å². The summed E-state index contributed by atoms with van der Waals surface area (Å²) in [6, 6.07) is 2.96. The van der Waals surface area contributed by atoms with Gasteiger partial charge in [-0.3, -0.25) is 14.9 Å². The fraction of sp³-hybridized carbons (Fsp3) is 0.357. The van der Waals surface area contributed by atoms with Crippen LogP contribution in [0.25, 0.3) is 0 Å². The Bertz CT molecular complexity index is 601. The van der Waals surface area contributed by atoms with E-state index in [4.69, 9.17) is 4.74 Å². The number of halogens is 1. The highest BCUT2D eigenvalue weighted by Gasteiger charge is 2.23. The number of ether oxygens (including phenoxy) is 1. The third-order valence-corrected chi connectivity index (χ3v) is 3.31. The van der Waals surface area contributed by atoms with Gasteiger partial charge in [0.2, 0.25) is 0 Å². The Hall–Kier alpha value is -2.28. The van der Waals surface area contributed by atoms with Crippen LogP contribution in [0.5, 0.6) is 0 Å². The number of nitro groups is 1. The molecule has 112 valence electrons. The lowest BCUT2D eigenvalue weighted by atomic mass is 10.1. The van der Waals surface area contributed by atoms with E-state index in [-0.39, 0.29) is 11.3 Å². The van der Waals surface area contributed by atoms with E-state index in [9.17, 15) is 19.3 Å². The van der Waals surface area contributed by atoms with E-state index in [1.807, 2.05) is 6.08 Å². The predicted molar refractivity (Wildman–Crippen MR) is 73.5 cm³/mol. The second-order valence-corrected chi connectivity index (χ2v) is 4.72. The van der Waals surface area contributed by atoms with Gasteiger partial charge in [0.05, 0.1) is 17.1 Å². The highest BCUT2D eigenvalue weighted by atomic mass is 19.1. The topological polar surface area (TPSA) is 72.7 Å². The molecular formula is C14H15FN2O4. The van der Waals surface area contributed by atoms with Gasteiger partial charge in [0.15, 0.2) is 0 Å². The van der Waals surface area contributed by atoms with Gasteiger partial charge < -0.3 is 9.64 Å². The highest BCUT2D eigenvalue weighted by Crippen LogP contribution is 2.20. The number of nitro benzene ring substituents is 1. The largest absolute Gasteiger partial charge is 0.380 e. The van der Waals surface area contributed by atoms with Crippen LogP contribution >= 0.6 is 0 Å². The van der Waals surface area contributed by atoms with Crippen molar-refractivity contribution in [2.45, 2.75) is 6.42 Å². The molecule has 1 aliphatic rings. The summed E-state index contributed by atoms with van der Waals surface area (Å²) in [5, 5.41) is 10.7. The summed E-state index contributed by atoms with van der Waals surface area (Å²) in [4.78, 5) is 23.8. The molecule has 0 N–H and O–H groups in total. The maximum absolute atomic E-state index is 13.7. The van der Waals surface area contributed by atoms with Crippen LogP contribution in [0.4, 0.5) is 10.1 Å². The second kappa shape index (κ2) is 6.45. The Morgan fingerprint density at radius 1 is 1.52 bits per heavy atom. The van der Waals surface area contributed by atoms with E-state index in [1.54, 1.807) is 7.11 Å². The minimum Gasteiger partial charge on any atom is -0.380 e. The number of carbonyl (C=O) groups excluding carboxylic acids is 1. The van der Waals surface area contributed by atoms with E-state index in [1.165, 1.54) is 4.90 Å². The van der Waals surface area contributed by atoms with E-state index in [2.05, 4.69) is 0 Å². The van der Waals surface area contributed by atoms with Crippen LogP contribution in [0.15, 0.2) is 29.8 Å². The summed E-state index contributed by atoms with van der Waals surface area (Å²) in [5.74, 6) is -1.29. The number of benzene rings is 1. The van der Waals surface area contributed by atoms with Crippen LogP contribution in [0.3, 0.4) is 0 Å². The lowest BCUT2D eigenvalue weighted by molar-refractivity contribution is -0.384. The second-order valence-electron chi connectivity index (χ2n) is 4.72. The minimum atomic E-state index is -0.753. The summed E-state index contributed by atoms with van der Waals surface area (Å²) in [6.45, 7) is 1.29. The van der Waals surface area contributed by atoms with Crippen LogP contribution in [-0.4, -0.2) is 42.5 Å². The zero-order valence-corrected chi connectivity index (χ0v) is 11.5. The van der Waals surface area contributed by atoms with Gasteiger partial charge in [-0.1, -0.05) is 6.08 Å². The van der Waals surface area contributed by atoms with Gasteiger partial charge in [-0.2, -0.15) is 0 Å². The number of carbonyl (C=O) groups is 1. The summed E-state index contributed by atoms with van der Waals surface area (Å²) >= 11 is 0. The fourth-order valence-electron chi connectivity index (χ4n) is 2.17. The summed E-state index contributed by atoms with van der Waals surface area (Å²) in [5.41, 5.74) is 0.515. The molecule has 0 unspecified atom stereocenters. The van der Waals surface area contributed by atoms with E-state index in [0.717, 1.165) is 23.8 Å². The van der Waals surface area contributed by atoms with Gasteiger partial charge in [-0.15, -0.1) is 0 Å². The summed E-state index contributed by atoms with van der Waals surface area (Å²) in [6.07, 6.45) is 2.51. The van der Waals surface area contributed by atoms with Gasteiger partial charge in [-0.25, -0.2) is 4.39 Å². The molecular weight excluding hydrogens is 279 g/mol. The van der Waals surface area contributed by atoms with Gasteiger partial charge in [0.25, 0.3) is 11.6 Å². The first kappa shape index (κ1) is 15.1. The molecule has 0 saturated carbocycles. The molecule has 0 aromatic heterocycles. The normalized spacial score (nSPS) is 14.8. The van der Waals surface area contributed by atoms with Crippen molar-refractivity contribution in [3.05, 3.63) is 51.3 Å². The van der Waals surface area contributed by atoms with E-state index in [0.29, 0.717) is 26.1 Å². The zero-order valence-electron chi connectivity index (χ0n) is 11.5. The Morgan fingerprint density at radius 3 is 2.86 bits per heavy atom. The molecule has 6 nitrogen and oxygen atoms in total. The monoisotopic (exact) mass is 294 g/mol. The Kier molecular flexibility index (Phi) is 4.64. The fourth-order valence-corrected chi connectivity index (χ4v) is 2.17. The van der Waals surface area contributed by atoms with E-state index < -0.39 is 16.6 Å². The first-order chi connectivity index (χ1) is 10.0. The number of methoxy groups -OCH3 is 1. The van der Waals surface area contributed by atoms with Gasteiger partial charge >= 0.3 is 0 Å². The molecule has 0 saturated heterocycles. The number of hydrogen-bond acceptors (Lipinski definition) is 4. The standard InChI is InChI=1S/C14H15FN2O4/c1-21-9-10-4-6-16(7-5-10)14(18)12-8-11(17(19)20)2-3-13(12)15/h2-4,8H,5-7,9H2,1H3. The number of nitrogens with zero attached hydrogens (tertiary/aromatic N) is 2. The quantitative estimate of drug-likeness (QED) is 0.484. The smallest absolute Gasteiger partial charge is 0.270 e. The van der Waals surface area contributed by atoms with Gasteiger partial charge in [0.1, 0.15) is 5.82 Å². The maximum atomic E-state index is 13.7. The molecule has 1 aromatic rings.